The highest BCUT2D eigenvalue weighted by atomic mass is 32.2. The highest BCUT2D eigenvalue weighted by Gasteiger charge is 2.12. The molecule has 2 heterocycles. The van der Waals surface area contributed by atoms with Gasteiger partial charge in [0.05, 0.1) is 12.3 Å². The van der Waals surface area contributed by atoms with Crippen molar-refractivity contribution >= 4 is 11.8 Å². The molecule has 1 saturated heterocycles. The van der Waals surface area contributed by atoms with Gasteiger partial charge in [0.2, 0.25) is 0 Å². The summed E-state index contributed by atoms with van der Waals surface area (Å²) in [6.07, 6.45) is 9.23. The number of rotatable bonds is 6. The minimum Gasteiger partial charge on any atom is -0.375 e. The van der Waals surface area contributed by atoms with E-state index in [9.17, 15) is 0 Å². The minimum absolute atomic E-state index is 0.574. The van der Waals surface area contributed by atoms with E-state index in [-0.39, 0.29) is 0 Å². The largest absolute Gasteiger partial charge is 0.375 e. The minimum atomic E-state index is 0.574. The Morgan fingerprint density at radius 1 is 1.44 bits per heavy atom. The highest BCUT2D eigenvalue weighted by molar-refractivity contribution is 7.98. The highest BCUT2D eigenvalue weighted by Crippen LogP contribution is 2.17. The number of nitrogens with one attached hydrogen (secondary N) is 1. The lowest BCUT2D eigenvalue weighted by Crippen LogP contribution is -2.30. The number of piperidine rings is 1. The van der Waals surface area contributed by atoms with Gasteiger partial charge in [-0.3, -0.25) is 4.98 Å². The molecule has 1 fully saturated rings. The lowest BCUT2D eigenvalue weighted by Gasteiger charge is -2.22. The molecule has 0 radical (unpaired) electrons. The molecule has 2 rings (SSSR count). The van der Waals surface area contributed by atoms with E-state index in [1.165, 1.54) is 19.4 Å². The molecule has 0 aromatic carbocycles. The SMILES string of the molecule is CSc1nccnc1COCC[C@H]1CCCNC1. The van der Waals surface area contributed by atoms with Gasteiger partial charge < -0.3 is 10.1 Å². The molecule has 1 atom stereocenters. The molecule has 1 N–H and O–H groups in total. The average molecular weight is 267 g/mol. The standard InChI is InChI=1S/C13H21N3OS/c1-18-13-12(15-6-7-16-13)10-17-8-4-11-3-2-5-14-9-11/h6-7,11,14H,2-5,8-10H2,1H3/t11-/m1/s1. The predicted molar refractivity (Wildman–Crippen MR) is 73.7 cm³/mol. The van der Waals surface area contributed by atoms with Crippen LogP contribution in [0.5, 0.6) is 0 Å². The van der Waals surface area contributed by atoms with Crippen LogP contribution in [0.25, 0.3) is 0 Å². The maximum absolute atomic E-state index is 5.72. The third-order valence-corrected chi connectivity index (χ3v) is 3.96. The van der Waals surface area contributed by atoms with Crippen molar-refractivity contribution in [1.29, 1.82) is 0 Å². The first kappa shape index (κ1) is 13.8. The second-order valence-electron chi connectivity index (χ2n) is 4.57. The van der Waals surface area contributed by atoms with E-state index in [1.807, 2.05) is 6.26 Å². The van der Waals surface area contributed by atoms with E-state index in [2.05, 4.69) is 15.3 Å². The normalized spacial score (nSPS) is 19.9. The van der Waals surface area contributed by atoms with Crippen molar-refractivity contribution in [3.63, 3.8) is 0 Å². The van der Waals surface area contributed by atoms with Crippen molar-refractivity contribution in [1.82, 2.24) is 15.3 Å². The summed E-state index contributed by atoms with van der Waals surface area (Å²) in [6, 6.07) is 0. The van der Waals surface area contributed by atoms with Crippen LogP contribution >= 0.6 is 11.8 Å². The van der Waals surface area contributed by atoms with Crippen LogP contribution in [0.15, 0.2) is 17.4 Å². The van der Waals surface area contributed by atoms with Crippen LogP contribution in [-0.2, 0) is 11.3 Å². The monoisotopic (exact) mass is 267 g/mol. The molecule has 0 spiro atoms. The van der Waals surface area contributed by atoms with E-state index < -0.39 is 0 Å². The summed E-state index contributed by atoms with van der Waals surface area (Å²) in [5, 5.41) is 4.40. The summed E-state index contributed by atoms with van der Waals surface area (Å²) in [7, 11) is 0. The zero-order valence-corrected chi connectivity index (χ0v) is 11.7. The quantitative estimate of drug-likeness (QED) is 0.632. The van der Waals surface area contributed by atoms with Crippen LogP contribution in [-0.4, -0.2) is 35.9 Å². The lowest BCUT2D eigenvalue weighted by atomic mass is 9.97. The van der Waals surface area contributed by atoms with Crippen molar-refractivity contribution < 1.29 is 4.74 Å². The molecule has 1 aliphatic rings. The molecule has 4 nitrogen and oxygen atoms in total. The molecule has 1 aromatic heterocycles. The van der Waals surface area contributed by atoms with Gasteiger partial charge in [-0.25, -0.2) is 4.98 Å². The topological polar surface area (TPSA) is 47.0 Å². The van der Waals surface area contributed by atoms with Crippen molar-refractivity contribution in [3.8, 4) is 0 Å². The molecule has 0 unspecified atom stereocenters. The third-order valence-electron chi connectivity index (χ3n) is 3.24. The third kappa shape index (κ3) is 4.23. The second-order valence-corrected chi connectivity index (χ2v) is 5.36. The molecule has 1 aliphatic heterocycles. The first-order valence-electron chi connectivity index (χ1n) is 6.52. The number of thioether (sulfide) groups is 1. The van der Waals surface area contributed by atoms with Gasteiger partial charge in [-0.15, -0.1) is 11.8 Å². The Hall–Kier alpha value is -0.650. The zero-order chi connectivity index (χ0) is 12.6. The van der Waals surface area contributed by atoms with Gasteiger partial charge >= 0.3 is 0 Å². The fourth-order valence-corrected chi connectivity index (χ4v) is 2.73. The smallest absolute Gasteiger partial charge is 0.120 e. The molecule has 1 aromatic rings. The molecular formula is C13H21N3OS. The molecule has 0 aliphatic carbocycles. The molecule has 18 heavy (non-hydrogen) atoms. The molecule has 100 valence electrons. The average Bonchev–Trinajstić information content (AvgIpc) is 2.45. The van der Waals surface area contributed by atoms with E-state index >= 15 is 0 Å². The number of nitrogens with zero attached hydrogens (tertiary/aromatic N) is 2. The first-order valence-corrected chi connectivity index (χ1v) is 7.75. The molecular weight excluding hydrogens is 246 g/mol. The Balaban J connectivity index is 1.68. The zero-order valence-electron chi connectivity index (χ0n) is 10.9. The molecule has 0 saturated carbocycles. The summed E-state index contributed by atoms with van der Waals surface area (Å²) in [5.74, 6) is 0.778. The number of hydrogen-bond donors (Lipinski definition) is 1. The molecule has 0 amide bonds. The van der Waals surface area contributed by atoms with Gasteiger partial charge in [-0.05, 0) is 44.5 Å². The Morgan fingerprint density at radius 2 is 2.33 bits per heavy atom. The van der Waals surface area contributed by atoms with Crippen LogP contribution in [0.2, 0.25) is 0 Å². The summed E-state index contributed by atoms with van der Waals surface area (Å²) in [6.45, 7) is 3.71. The van der Waals surface area contributed by atoms with E-state index in [1.54, 1.807) is 24.2 Å². The van der Waals surface area contributed by atoms with Gasteiger partial charge in [0, 0.05) is 19.0 Å². The van der Waals surface area contributed by atoms with Crippen molar-refractivity contribution in [2.75, 3.05) is 26.0 Å². The molecule has 0 bridgehead atoms. The Kier molecular flexibility index (Phi) is 5.90. The summed E-state index contributed by atoms with van der Waals surface area (Å²) in [5.41, 5.74) is 0.951. The van der Waals surface area contributed by atoms with Crippen molar-refractivity contribution in [2.24, 2.45) is 5.92 Å². The first-order chi connectivity index (χ1) is 8.90. The van der Waals surface area contributed by atoms with Crippen LogP contribution in [0.4, 0.5) is 0 Å². The number of hydrogen-bond acceptors (Lipinski definition) is 5. The van der Waals surface area contributed by atoms with Gasteiger partial charge in [0.1, 0.15) is 5.03 Å². The fraction of sp³-hybridized carbons (Fsp3) is 0.692. The van der Waals surface area contributed by atoms with Crippen LogP contribution < -0.4 is 5.32 Å². The lowest BCUT2D eigenvalue weighted by molar-refractivity contribution is 0.0992. The van der Waals surface area contributed by atoms with Crippen LogP contribution in [0, 0.1) is 5.92 Å². The Morgan fingerprint density at radius 3 is 3.11 bits per heavy atom. The Labute approximate surface area is 113 Å². The van der Waals surface area contributed by atoms with Crippen LogP contribution in [0.1, 0.15) is 25.0 Å². The summed E-state index contributed by atoms with van der Waals surface area (Å²) < 4.78 is 5.72. The van der Waals surface area contributed by atoms with Crippen LogP contribution in [0.3, 0.4) is 0 Å². The Bertz CT molecular complexity index is 356. The predicted octanol–water partition coefficient (Wildman–Crippen LogP) is 2.10. The van der Waals surface area contributed by atoms with E-state index in [0.29, 0.717) is 6.61 Å². The molecule has 5 heteroatoms. The summed E-state index contributed by atoms with van der Waals surface area (Å²) >= 11 is 1.62. The number of ether oxygens (including phenoxy) is 1. The fourth-order valence-electron chi connectivity index (χ4n) is 2.21. The van der Waals surface area contributed by atoms with E-state index in [0.717, 1.165) is 36.2 Å². The van der Waals surface area contributed by atoms with E-state index in [4.69, 9.17) is 4.74 Å². The van der Waals surface area contributed by atoms with Crippen molar-refractivity contribution in [2.45, 2.75) is 30.9 Å². The maximum atomic E-state index is 5.72. The maximum Gasteiger partial charge on any atom is 0.120 e. The van der Waals surface area contributed by atoms with Gasteiger partial charge in [-0.1, -0.05) is 0 Å². The number of aromatic nitrogens is 2. The van der Waals surface area contributed by atoms with Crippen molar-refractivity contribution in [3.05, 3.63) is 18.1 Å². The summed E-state index contributed by atoms with van der Waals surface area (Å²) in [4.78, 5) is 8.59. The second kappa shape index (κ2) is 7.71. The van der Waals surface area contributed by atoms with Gasteiger partial charge in [0.25, 0.3) is 0 Å². The van der Waals surface area contributed by atoms with Gasteiger partial charge in [-0.2, -0.15) is 0 Å². The van der Waals surface area contributed by atoms with Gasteiger partial charge in [0.15, 0.2) is 0 Å².